The van der Waals surface area contributed by atoms with Crippen LogP contribution in [-0.2, 0) is 6.54 Å². The number of hydrogen-bond donors (Lipinski definition) is 2. The molecule has 1 aliphatic heterocycles. The number of phenolic OH excluding ortho intramolecular Hbond substituents is 1. The molecule has 0 amide bonds. The zero-order chi connectivity index (χ0) is 14.4. The maximum absolute atomic E-state index is 9.54. The molecule has 1 heterocycles. The van der Waals surface area contributed by atoms with Crippen LogP contribution in [0, 0.1) is 0 Å². The molecule has 1 fully saturated rings. The molecule has 1 aromatic rings. The number of piperazine rings is 1. The lowest BCUT2D eigenvalue weighted by atomic mass is 10.2. The molecule has 0 bridgehead atoms. The maximum Gasteiger partial charge on any atom is 0.160 e. The molecule has 2 rings (SSSR count). The third-order valence-electron chi connectivity index (χ3n) is 3.77. The van der Waals surface area contributed by atoms with Crippen molar-refractivity contribution in [2.24, 2.45) is 0 Å². The molecular weight excluding hydrogens is 254 g/mol. The van der Waals surface area contributed by atoms with Gasteiger partial charge in [-0.15, -0.1) is 0 Å². The zero-order valence-corrected chi connectivity index (χ0v) is 12.4. The van der Waals surface area contributed by atoms with E-state index in [0.29, 0.717) is 5.75 Å². The van der Waals surface area contributed by atoms with Gasteiger partial charge in [-0.2, -0.15) is 0 Å². The van der Waals surface area contributed by atoms with Crippen LogP contribution < -0.4 is 10.1 Å². The van der Waals surface area contributed by atoms with Crippen molar-refractivity contribution in [2.75, 3.05) is 53.4 Å². The second-order valence-corrected chi connectivity index (χ2v) is 5.33. The molecule has 0 atom stereocenters. The van der Waals surface area contributed by atoms with Crippen LogP contribution in [0.3, 0.4) is 0 Å². The van der Waals surface area contributed by atoms with Crippen molar-refractivity contribution in [2.45, 2.75) is 6.54 Å². The number of nitrogens with one attached hydrogen (secondary N) is 1. The Bertz CT molecular complexity index is 418. The van der Waals surface area contributed by atoms with E-state index in [2.05, 4.69) is 22.2 Å². The number of methoxy groups -OCH3 is 1. The fraction of sp³-hybridized carbons (Fsp3) is 0.600. The van der Waals surface area contributed by atoms with Crippen molar-refractivity contribution in [3.63, 3.8) is 0 Å². The van der Waals surface area contributed by atoms with E-state index < -0.39 is 0 Å². The first-order chi connectivity index (χ1) is 9.69. The lowest BCUT2D eigenvalue weighted by Gasteiger charge is -2.32. The topological polar surface area (TPSA) is 48.0 Å². The first-order valence-corrected chi connectivity index (χ1v) is 7.16. The van der Waals surface area contributed by atoms with Gasteiger partial charge in [-0.3, -0.25) is 4.90 Å². The van der Waals surface area contributed by atoms with Crippen LogP contribution in [0.15, 0.2) is 18.2 Å². The largest absolute Gasteiger partial charge is 0.504 e. The van der Waals surface area contributed by atoms with Gasteiger partial charge in [0.1, 0.15) is 0 Å². The smallest absolute Gasteiger partial charge is 0.160 e. The lowest BCUT2D eigenvalue weighted by molar-refractivity contribution is 0.154. The van der Waals surface area contributed by atoms with Crippen LogP contribution >= 0.6 is 0 Å². The van der Waals surface area contributed by atoms with E-state index >= 15 is 0 Å². The third kappa shape index (κ3) is 4.37. The second-order valence-electron chi connectivity index (χ2n) is 5.33. The molecule has 2 N–H and O–H groups in total. The minimum atomic E-state index is 0.189. The van der Waals surface area contributed by atoms with Crippen LogP contribution in [-0.4, -0.2) is 68.3 Å². The monoisotopic (exact) mass is 279 g/mol. The van der Waals surface area contributed by atoms with Gasteiger partial charge in [-0.05, 0) is 24.7 Å². The molecule has 112 valence electrons. The van der Waals surface area contributed by atoms with Crippen LogP contribution in [0.1, 0.15) is 5.56 Å². The van der Waals surface area contributed by atoms with Gasteiger partial charge in [-0.25, -0.2) is 0 Å². The molecule has 5 heteroatoms. The summed E-state index contributed by atoms with van der Waals surface area (Å²) in [6, 6.07) is 5.47. The average molecular weight is 279 g/mol. The van der Waals surface area contributed by atoms with Gasteiger partial charge in [0.2, 0.25) is 0 Å². The van der Waals surface area contributed by atoms with E-state index in [0.717, 1.165) is 51.4 Å². The highest BCUT2D eigenvalue weighted by molar-refractivity contribution is 5.41. The Morgan fingerprint density at radius 3 is 2.70 bits per heavy atom. The molecular formula is C15H25N3O2. The Morgan fingerprint density at radius 1 is 1.25 bits per heavy atom. The quantitative estimate of drug-likeness (QED) is 0.752. The second kappa shape index (κ2) is 7.47. The van der Waals surface area contributed by atoms with E-state index in [9.17, 15) is 5.11 Å². The highest BCUT2D eigenvalue weighted by atomic mass is 16.5. The fourth-order valence-electron chi connectivity index (χ4n) is 2.37. The van der Waals surface area contributed by atoms with Crippen LogP contribution in [0.25, 0.3) is 0 Å². The summed E-state index contributed by atoms with van der Waals surface area (Å²) in [7, 11) is 3.74. The van der Waals surface area contributed by atoms with Crippen LogP contribution in [0.2, 0.25) is 0 Å². The summed E-state index contributed by atoms with van der Waals surface area (Å²) in [5, 5.41) is 13.0. The summed E-state index contributed by atoms with van der Waals surface area (Å²) in [6.07, 6.45) is 0. The van der Waals surface area contributed by atoms with E-state index in [1.54, 1.807) is 13.2 Å². The van der Waals surface area contributed by atoms with Crippen molar-refractivity contribution >= 4 is 0 Å². The van der Waals surface area contributed by atoms with Crippen molar-refractivity contribution in [3.05, 3.63) is 23.8 Å². The minimum Gasteiger partial charge on any atom is -0.504 e. The molecule has 0 unspecified atom stereocenters. The Balaban J connectivity index is 1.68. The number of aromatic hydroxyl groups is 1. The van der Waals surface area contributed by atoms with Gasteiger partial charge in [0.15, 0.2) is 11.5 Å². The minimum absolute atomic E-state index is 0.189. The fourth-order valence-corrected chi connectivity index (χ4v) is 2.37. The molecule has 0 spiro atoms. The molecule has 5 nitrogen and oxygen atoms in total. The molecule has 20 heavy (non-hydrogen) atoms. The molecule has 0 aliphatic carbocycles. The first kappa shape index (κ1) is 15.1. The number of hydrogen-bond acceptors (Lipinski definition) is 5. The third-order valence-corrected chi connectivity index (χ3v) is 3.77. The summed E-state index contributed by atoms with van der Waals surface area (Å²) >= 11 is 0. The summed E-state index contributed by atoms with van der Waals surface area (Å²) in [4.78, 5) is 4.86. The van der Waals surface area contributed by atoms with Crippen molar-refractivity contribution in [1.82, 2.24) is 15.1 Å². The lowest BCUT2D eigenvalue weighted by Crippen LogP contribution is -2.46. The van der Waals surface area contributed by atoms with Crippen molar-refractivity contribution in [3.8, 4) is 11.5 Å². The van der Waals surface area contributed by atoms with Crippen LogP contribution in [0.5, 0.6) is 11.5 Å². The first-order valence-electron chi connectivity index (χ1n) is 7.16. The maximum atomic E-state index is 9.54. The number of likely N-dealkylation sites (N-methyl/N-ethyl adjacent to an activating group) is 1. The number of ether oxygens (including phenoxy) is 1. The van der Waals surface area contributed by atoms with Crippen molar-refractivity contribution in [1.29, 1.82) is 0 Å². The summed E-state index contributed by atoms with van der Waals surface area (Å²) in [5.41, 5.74) is 1.12. The average Bonchev–Trinajstić information content (AvgIpc) is 2.47. The van der Waals surface area contributed by atoms with E-state index in [4.69, 9.17) is 4.74 Å². The Hall–Kier alpha value is -1.30. The molecule has 1 aliphatic rings. The Morgan fingerprint density at radius 2 is 2.00 bits per heavy atom. The normalized spacial score (nSPS) is 17.3. The molecule has 0 saturated carbocycles. The SMILES string of the molecule is COc1cc(CNCCN2CCN(C)CC2)ccc1O. The van der Waals surface area contributed by atoms with Crippen molar-refractivity contribution < 1.29 is 9.84 Å². The van der Waals surface area contributed by atoms with Gasteiger partial charge in [0, 0.05) is 45.8 Å². The van der Waals surface area contributed by atoms with E-state index in [-0.39, 0.29) is 5.75 Å². The molecule has 0 aromatic heterocycles. The number of benzene rings is 1. The van der Waals surface area contributed by atoms with E-state index in [1.165, 1.54) is 0 Å². The van der Waals surface area contributed by atoms with Gasteiger partial charge < -0.3 is 20.1 Å². The standard InChI is InChI=1S/C15H25N3O2/c1-17-7-9-18(10-8-17)6-5-16-12-13-3-4-14(19)15(11-13)20-2/h3-4,11,16,19H,5-10,12H2,1-2H3. The number of nitrogens with zero attached hydrogens (tertiary/aromatic N) is 2. The highest BCUT2D eigenvalue weighted by Crippen LogP contribution is 2.25. The summed E-state index contributed by atoms with van der Waals surface area (Å²) in [5.74, 6) is 0.719. The number of rotatable bonds is 6. The summed E-state index contributed by atoms with van der Waals surface area (Å²) < 4.78 is 5.11. The van der Waals surface area contributed by atoms with E-state index in [1.807, 2.05) is 12.1 Å². The van der Waals surface area contributed by atoms with Gasteiger partial charge in [0.05, 0.1) is 7.11 Å². The number of phenols is 1. The highest BCUT2D eigenvalue weighted by Gasteiger charge is 2.12. The van der Waals surface area contributed by atoms with Gasteiger partial charge in [-0.1, -0.05) is 6.07 Å². The zero-order valence-electron chi connectivity index (χ0n) is 12.4. The molecule has 0 radical (unpaired) electrons. The predicted octanol–water partition coefficient (Wildman–Crippen LogP) is 0.738. The summed E-state index contributed by atoms with van der Waals surface area (Å²) in [6.45, 7) is 7.50. The predicted molar refractivity (Wildman–Crippen MR) is 80.3 cm³/mol. The Kier molecular flexibility index (Phi) is 5.64. The van der Waals surface area contributed by atoms with Gasteiger partial charge in [0.25, 0.3) is 0 Å². The van der Waals surface area contributed by atoms with Gasteiger partial charge >= 0.3 is 0 Å². The molecule has 1 saturated heterocycles. The van der Waals surface area contributed by atoms with Crippen LogP contribution in [0.4, 0.5) is 0 Å². The molecule has 1 aromatic carbocycles. The Labute approximate surface area is 121 Å².